The molecule has 1 N–H and O–H groups in total. The van der Waals surface area contributed by atoms with E-state index in [0.29, 0.717) is 5.39 Å². The molecule has 0 radical (unpaired) electrons. The standard InChI is InChI=1S/C15H13N3O/c1-2-13-11(10-4-3-6-16-9-10)8-12-14(18-13)5-7-17-15(12)19/h3-9H,2H2,1H3,(H,17,19). The van der Waals surface area contributed by atoms with E-state index in [0.717, 1.165) is 28.8 Å². The van der Waals surface area contributed by atoms with Gasteiger partial charge in [0.25, 0.3) is 5.56 Å². The van der Waals surface area contributed by atoms with Crippen molar-refractivity contribution in [3.63, 3.8) is 0 Å². The average molecular weight is 251 g/mol. The normalized spacial score (nSPS) is 10.8. The molecule has 0 bridgehead atoms. The Bertz CT molecular complexity index is 778. The summed E-state index contributed by atoms with van der Waals surface area (Å²) in [5.41, 5.74) is 3.55. The largest absolute Gasteiger partial charge is 0.328 e. The molecule has 0 saturated heterocycles. The summed E-state index contributed by atoms with van der Waals surface area (Å²) in [4.78, 5) is 23.2. The van der Waals surface area contributed by atoms with Crippen LogP contribution in [0.4, 0.5) is 0 Å². The zero-order valence-electron chi connectivity index (χ0n) is 10.6. The third kappa shape index (κ3) is 2.01. The Balaban J connectivity index is 2.35. The lowest BCUT2D eigenvalue weighted by Gasteiger charge is -2.08. The number of aromatic amines is 1. The van der Waals surface area contributed by atoms with Crippen LogP contribution in [0.1, 0.15) is 12.6 Å². The highest BCUT2D eigenvalue weighted by Crippen LogP contribution is 2.24. The summed E-state index contributed by atoms with van der Waals surface area (Å²) in [6.07, 6.45) is 5.96. The molecule has 94 valence electrons. The van der Waals surface area contributed by atoms with Gasteiger partial charge in [-0.1, -0.05) is 13.0 Å². The minimum absolute atomic E-state index is 0.113. The first kappa shape index (κ1) is 11.6. The van der Waals surface area contributed by atoms with Gasteiger partial charge in [0.05, 0.1) is 10.9 Å². The van der Waals surface area contributed by atoms with E-state index >= 15 is 0 Å². The number of pyridine rings is 3. The van der Waals surface area contributed by atoms with Crippen molar-refractivity contribution in [2.24, 2.45) is 0 Å². The summed E-state index contributed by atoms with van der Waals surface area (Å²) in [5, 5.41) is 0.610. The third-order valence-electron chi connectivity index (χ3n) is 3.14. The zero-order valence-corrected chi connectivity index (χ0v) is 10.6. The van der Waals surface area contributed by atoms with Gasteiger partial charge in [0.15, 0.2) is 0 Å². The van der Waals surface area contributed by atoms with Crippen molar-refractivity contribution < 1.29 is 0 Å². The molecule has 0 aliphatic heterocycles. The number of aryl methyl sites for hydroxylation is 1. The molecular weight excluding hydrogens is 238 g/mol. The van der Waals surface area contributed by atoms with Gasteiger partial charge in [-0.2, -0.15) is 0 Å². The van der Waals surface area contributed by atoms with Crippen LogP contribution >= 0.6 is 0 Å². The molecule has 0 aliphatic carbocycles. The number of hydrogen-bond acceptors (Lipinski definition) is 3. The van der Waals surface area contributed by atoms with Crippen molar-refractivity contribution in [3.05, 3.63) is 58.9 Å². The van der Waals surface area contributed by atoms with Gasteiger partial charge >= 0.3 is 0 Å². The van der Waals surface area contributed by atoms with E-state index in [4.69, 9.17) is 0 Å². The molecule has 0 fully saturated rings. The molecule has 0 aromatic carbocycles. The van der Waals surface area contributed by atoms with Gasteiger partial charge in [0.2, 0.25) is 0 Å². The Kier molecular flexibility index (Phi) is 2.83. The molecule has 0 unspecified atom stereocenters. The number of rotatable bonds is 2. The van der Waals surface area contributed by atoms with E-state index in [2.05, 4.69) is 21.9 Å². The predicted molar refractivity (Wildman–Crippen MR) is 75.0 cm³/mol. The van der Waals surface area contributed by atoms with Gasteiger partial charge in [0.1, 0.15) is 0 Å². The Morgan fingerprint density at radius 2 is 2.21 bits per heavy atom. The summed E-state index contributed by atoms with van der Waals surface area (Å²) >= 11 is 0. The third-order valence-corrected chi connectivity index (χ3v) is 3.14. The Morgan fingerprint density at radius 3 is 2.95 bits per heavy atom. The maximum absolute atomic E-state index is 11.9. The first-order valence-corrected chi connectivity index (χ1v) is 6.21. The Hall–Kier alpha value is -2.49. The van der Waals surface area contributed by atoms with Crippen molar-refractivity contribution in [2.75, 3.05) is 0 Å². The van der Waals surface area contributed by atoms with Crippen molar-refractivity contribution >= 4 is 10.9 Å². The van der Waals surface area contributed by atoms with Crippen LogP contribution in [0.3, 0.4) is 0 Å². The van der Waals surface area contributed by atoms with Gasteiger partial charge in [-0.3, -0.25) is 14.8 Å². The van der Waals surface area contributed by atoms with Crippen LogP contribution in [0.2, 0.25) is 0 Å². The van der Waals surface area contributed by atoms with Crippen LogP contribution < -0.4 is 5.56 Å². The highest BCUT2D eigenvalue weighted by atomic mass is 16.1. The first-order valence-electron chi connectivity index (χ1n) is 6.21. The summed E-state index contributed by atoms with van der Waals surface area (Å²) in [5.74, 6) is 0. The quantitative estimate of drug-likeness (QED) is 0.761. The molecule has 3 aromatic rings. The van der Waals surface area contributed by atoms with Gasteiger partial charge in [-0.25, -0.2) is 0 Å². The molecule has 0 atom stereocenters. The number of nitrogens with zero attached hydrogens (tertiary/aromatic N) is 2. The summed E-state index contributed by atoms with van der Waals surface area (Å²) in [6, 6.07) is 7.58. The molecule has 3 aromatic heterocycles. The van der Waals surface area contributed by atoms with Gasteiger partial charge in [0, 0.05) is 35.4 Å². The Morgan fingerprint density at radius 1 is 1.32 bits per heavy atom. The second kappa shape index (κ2) is 4.65. The maximum atomic E-state index is 11.9. The van der Waals surface area contributed by atoms with E-state index in [1.54, 1.807) is 18.6 Å². The number of fused-ring (bicyclic) bond motifs is 1. The fourth-order valence-electron chi connectivity index (χ4n) is 2.19. The van der Waals surface area contributed by atoms with E-state index in [1.165, 1.54) is 0 Å². The first-order chi connectivity index (χ1) is 9.29. The average Bonchev–Trinajstić information content (AvgIpc) is 2.47. The SMILES string of the molecule is CCc1nc2cc[nH]c(=O)c2cc1-c1cccnc1. The van der Waals surface area contributed by atoms with E-state index in [1.807, 2.05) is 24.3 Å². The van der Waals surface area contributed by atoms with Crippen LogP contribution in [0.5, 0.6) is 0 Å². The number of aromatic nitrogens is 3. The number of hydrogen-bond donors (Lipinski definition) is 1. The number of H-pyrrole nitrogens is 1. The summed E-state index contributed by atoms with van der Waals surface area (Å²) in [7, 11) is 0. The van der Waals surface area contributed by atoms with Crippen LogP contribution in [0, 0.1) is 0 Å². The highest BCUT2D eigenvalue weighted by molar-refractivity contribution is 5.83. The zero-order chi connectivity index (χ0) is 13.2. The Labute approximate surface area is 110 Å². The predicted octanol–water partition coefficient (Wildman–Crippen LogP) is 2.55. The summed E-state index contributed by atoms with van der Waals surface area (Å²) < 4.78 is 0. The molecule has 4 nitrogen and oxygen atoms in total. The van der Waals surface area contributed by atoms with E-state index in [-0.39, 0.29) is 5.56 Å². The lowest BCUT2D eigenvalue weighted by molar-refractivity contribution is 1.06. The van der Waals surface area contributed by atoms with Crippen molar-refractivity contribution in [1.82, 2.24) is 15.0 Å². The molecule has 0 saturated carbocycles. The van der Waals surface area contributed by atoms with Crippen LogP contribution in [0.15, 0.2) is 47.7 Å². The van der Waals surface area contributed by atoms with Gasteiger partial charge < -0.3 is 4.98 Å². The molecule has 3 heterocycles. The van der Waals surface area contributed by atoms with Crippen LogP contribution in [0.25, 0.3) is 22.0 Å². The minimum atomic E-state index is -0.113. The fraction of sp³-hybridized carbons (Fsp3) is 0.133. The minimum Gasteiger partial charge on any atom is -0.328 e. The smallest absolute Gasteiger partial charge is 0.257 e. The molecule has 0 spiro atoms. The summed E-state index contributed by atoms with van der Waals surface area (Å²) in [6.45, 7) is 2.06. The van der Waals surface area contributed by atoms with Crippen LogP contribution in [-0.2, 0) is 6.42 Å². The number of nitrogens with one attached hydrogen (secondary N) is 1. The lowest BCUT2D eigenvalue weighted by atomic mass is 10.0. The topological polar surface area (TPSA) is 58.6 Å². The second-order valence-electron chi connectivity index (χ2n) is 4.32. The van der Waals surface area contributed by atoms with Gasteiger partial charge in [-0.15, -0.1) is 0 Å². The molecule has 3 rings (SSSR count). The monoisotopic (exact) mass is 251 g/mol. The van der Waals surface area contributed by atoms with E-state index < -0.39 is 0 Å². The van der Waals surface area contributed by atoms with E-state index in [9.17, 15) is 4.79 Å². The second-order valence-corrected chi connectivity index (χ2v) is 4.32. The van der Waals surface area contributed by atoms with Crippen molar-refractivity contribution in [2.45, 2.75) is 13.3 Å². The maximum Gasteiger partial charge on any atom is 0.257 e. The molecule has 0 amide bonds. The molecule has 19 heavy (non-hydrogen) atoms. The fourth-order valence-corrected chi connectivity index (χ4v) is 2.19. The van der Waals surface area contributed by atoms with Crippen molar-refractivity contribution in [1.29, 1.82) is 0 Å². The lowest BCUT2D eigenvalue weighted by Crippen LogP contribution is -2.07. The van der Waals surface area contributed by atoms with Crippen molar-refractivity contribution in [3.8, 4) is 11.1 Å². The van der Waals surface area contributed by atoms with Crippen LogP contribution in [-0.4, -0.2) is 15.0 Å². The van der Waals surface area contributed by atoms with Gasteiger partial charge in [-0.05, 0) is 24.6 Å². The molecule has 4 heteroatoms. The molecular formula is C15H13N3O. The highest BCUT2D eigenvalue weighted by Gasteiger charge is 2.09. The molecule has 0 aliphatic rings.